The maximum Gasteiger partial charge on any atom is -1.00 e. The van der Waals surface area contributed by atoms with E-state index < -0.39 is 44.7 Å². The average Bonchev–Trinajstić information content (AvgIpc) is 3.68. The molecule has 0 nitrogen and oxygen atoms in total. The summed E-state index contributed by atoms with van der Waals surface area (Å²) in [6.07, 6.45) is 0.136. The maximum absolute atomic E-state index is 14.3. The van der Waals surface area contributed by atoms with Crippen LogP contribution in [0.5, 0.6) is 0 Å². The van der Waals surface area contributed by atoms with Gasteiger partial charge in [0.2, 0.25) is 0 Å². The van der Waals surface area contributed by atoms with E-state index in [1.807, 2.05) is 6.07 Å². The number of allylic oxidation sites excluding steroid dienone is 4. The molecule has 2 aliphatic carbocycles. The Balaban J connectivity index is 0.00000302. The Hall–Kier alpha value is -3.25. The first-order chi connectivity index (χ1) is 23.5. The van der Waals surface area contributed by atoms with Crippen LogP contribution in [0.25, 0.3) is 23.3 Å². The fourth-order valence-corrected chi connectivity index (χ4v) is 15.8. The van der Waals surface area contributed by atoms with Gasteiger partial charge in [-0.1, -0.05) is 0 Å². The van der Waals surface area contributed by atoms with Crippen LogP contribution < -0.4 is 28.1 Å². The third-order valence-corrected chi connectivity index (χ3v) is 17.5. The van der Waals surface area contributed by atoms with Gasteiger partial charge in [-0.25, -0.2) is 0 Å². The quantitative estimate of drug-likeness (QED) is 0.177. The van der Waals surface area contributed by atoms with E-state index >= 15 is 0 Å². The van der Waals surface area contributed by atoms with Crippen molar-refractivity contribution in [3.63, 3.8) is 0 Å². The molecule has 9 heteroatoms. The van der Waals surface area contributed by atoms with E-state index in [4.69, 9.17) is 0 Å². The van der Waals surface area contributed by atoms with E-state index in [1.165, 1.54) is 12.1 Å². The third kappa shape index (κ3) is 8.12. The minimum atomic E-state index is -4.63. The summed E-state index contributed by atoms with van der Waals surface area (Å²) < 4.78 is 88.5. The summed E-state index contributed by atoms with van der Waals surface area (Å²) in [7, 11) is 0. The van der Waals surface area contributed by atoms with Crippen LogP contribution in [-0.2, 0) is 40.0 Å². The van der Waals surface area contributed by atoms with Gasteiger partial charge >= 0.3 is 299 Å². The van der Waals surface area contributed by atoms with Gasteiger partial charge < -0.3 is 24.8 Å². The molecule has 0 bridgehead atoms. The number of alkyl halides is 6. The van der Waals surface area contributed by atoms with Crippen molar-refractivity contribution in [3.8, 4) is 11.1 Å². The van der Waals surface area contributed by atoms with Crippen LogP contribution in [0.15, 0.2) is 113 Å². The molecule has 4 aromatic carbocycles. The molecule has 4 aromatic rings. The summed E-state index contributed by atoms with van der Waals surface area (Å²) >= 11 is -3.77. The number of hydrogen-bond acceptors (Lipinski definition) is 0. The van der Waals surface area contributed by atoms with Gasteiger partial charge in [0, 0.05) is 0 Å². The molecule has 270 valence electrons. The summed E-state index contributed by atoms with van der Waals surface area (Å²) in [4.78, 5) is 0. The van der Waals surface area contributed by atoms with Crippen molar-refractivity contribution in [2.24, 2.45) is 11.3 Å². The topological polar surface area (TPSA) is 0 Å². The molecular weight excluding hydrogens is 793 g/mol. The molecule has 52 heavy (non-hydrogen) atoms. The second-order valence-electron chi connectivity index (χ2n) is 14.0. The summed E-state index contributed by atoms with van der Waals surface area (Å²) in [5.74, 6) is -0.00981. The molecule has 0 N–H and O–H groups in total. The molecule has 0 radical (unpaired) electrons. The molecule has 2 aliphatic rings. The number of hydrogen-bond donors (Lipinski definition) is 0. The summed E-state index contributed by atoms with van der Waals surface area (Å²) in [5, 5.41) is 0. The zero-order valence-corrected chi connectivity index (χ0v) is 33.2. The number of benzene rings is 4. The van der Waals surface area contributed by atoms with Gasteiger partial charge in [0.15, 0.2) is 0 Å². The van der Waals surface area contributed by atoms with E-state index in [9.17, 15) is 26.3 Å². The summed E-state index contributed by atoms with van der Waals surface area (Å²) in [6.45, 7) is 16.5. The maximum atomic E-state index is 14.3. The number of halogens is 8. The Morgan fingerprint density at radius 3 is 1.81 bits per heavy atom. The van der Waals surface area contributed by atoms with E-state index in [1.54, 1.807) is 24.3 Å². The Kier molecular flexibility index (Phi) is 12.5. The van der Waals surface area contributed by atoms with Crippen molar-refractivity contribution in [1.29, 1.82) is 0 Å². The molecule has 0 aromatic heterocycles. The zero-order chi connectivity index (χ0) is 36.2. The SMILES string of the molecule is C=Cc1ccc2c(c1)-c1cc(C=C)c[c]([Zr+2]([C]3=CC(C(C)(C)C)=CC3CC)=[C](c3cccc(C(F)(F)F)c3)c3cccc(C(F)(F)F)c3)c1C2.[Cl-].[Cl-]. The van der Waals surface area contributed by atoms with Crippen molar-refractivity contribution in [2.45, 2.75) is 52.9 Å². The monoisotopic (exact) mass is 828 g/mol. The number of fused-ring (bicyclic) bond motifs is 3. The van der Waals surface area contributed by atoms with E-state index in [0.717, 1.165) is 76.2 Å². The van der Waals surface area contributed by atoms with Crippen LogP contribution in [0.2, 0.25) is 0 Å². The molecule has 0 spiro atoms. The smallest absolute Gasteiger partial charge is 1.00 e. The molecule has 6 rings (SSSR count). The van der Waals surface area contributed by atoms with Crippen LogP contribution in [0.1, 0.15) is 78.6 Å². The Morgan fingerprint density at radius 1 is 0.750 bits per heavy atom. The fourth-order valence-electron chi connectivity index (χ4n) is 7.07. The van der Waals surface area contributed by atoms with Gasteiger partial charge in [-0.05, 0) is 0 Å². The molecular formula is C43H38Cl2F6Zr. The van der Waals surface area contributed by atoms with E-state index in [0.29, 0.717) is 20.8 Å². The third-order valence-electron chi connectivity index (χ3n) is 9.70. The van der Waals surface area contributed by atoms with Crippen LogP contribution >= 0.6 is 0 Å². The van der Waals surface area contributed by atoms with Gasteiger partial charge in [0.25, 0.3) is 0 Å². The van der Waals surface area contributed by atoms with Gasteiger partial charge in [0.05, 0.1) is 0 Å². The van der Waals surface area contributed by atoms with Crippen LogP contribution in [0, 0.1) is 11.3 Å². The Bertz CT molecular complexity index is 2070. The zero-order valence-electron chi connectivity index (χ0n) is 29.2. The number of rotatable bonds is 7. The van der Waals surface area contributed by atoms with Crippen molar-refractivity contribution in [2.75, 3.05) is 0 Å². The van der Waals surface area contributed by atoms with Gasteiger partial charge in [0.1, 0.15) is 0 Å². The standard InChI is InChI=1S/C17H13.C15H8F6.C11H17.2ClH.Zr/c1-3-12-5-7-14-11-15-8-6-13(4-2)10-17(15)16(14)9-12;16-14(17,18)12-5-1-3-10(8-12)7-11-4-2-6-13(9-11)15(19,20)21;1-5-9-6-7-10(8-9)11(2,3)4;;;/h3-7,9-10H,1-2,11H2;1-6,8-9H;7-9H,5H2,1-4H3;2*1H;/q;;;;;+2/p-2. The van der Waals surface area contributed by atoms with Crippen molar-refractivity contribution in [3.05, 3.63) is 158 Å². The first kappa shape index (κ1) is 41.5. The largest absolute Gasteiger partial charge is 1.00 e. The van der Waals surface area contributed by atoms with Gasteiger partial charge in [-0.15, -0.1) is 0 Å². The van der Waals surface area contributed by atoms with E-state index in [-0.39, 0.29) is 36.1 Å². The van der Waals surface area contributed by atoms with E-state index in [2.05, 4.69) is 77.3 Å². The molecule has 0 fully saturated rings. The average molecular weight is 831 g/mol. The van der Waals surface area contributed by atoms with Gasteiger partial charge in [-0.3, -0.25) is 0 Å². The Labute approximate surface area is 322 Å². The second-order valence-corrected chi connectivity index (χ2v) is 19.8. The molecule has 0 amide bonds. The summed E-state index contributed by atoms with van der Waals surface area (Å²) in [6, 6.07) is 20.6. The predicted molar refractivity (Wildman–Crippen MR) is 190 cm³/mol. The van der Waals surface area contributed by atoms with Crippen LogP contribution in [0.3, 0.4) is 0 Å². The fraction of sp³-hybridized carbons (Fsp3) is 0.233. The van der Waals surface area contributed by atoms with Crippen LogP contribution in [0.4, 0.5) is 26.3 Å². The van der Waals surface area contributed by atoms with Crippen molar-refractivity contribution >= 4 is 18.6 Å². The normalized spacial score (nSPS) is 14.8. The molecule has 0 saturated heterocycles. The summed E-state index contributed by atoms with van der Waals surface area (Å²) in [5.41, 5.74) is 5.96. The molecule has 0 heterocycles. The molecule has 1 atom stereocenters. The van der Waals surface area contributed by atoms with Gasteiger partial charge in [-0.2, -0.15) is 0 Å². The second kappa shape index (κ2) is 15.6. The molecule has 0 saturated carbocycles. The Morgan fingerprint density at radius 2 is 1.31 bits per heavy atom. The minimum absolute atomic E-state index is 0. The van der Waals surface area contributed by atoms with Crippen molar-refractivity contribution in [1.82, 2.24) is 0 Å². The molecule has 1 unspecified atom stereocenters. The first-order valence-electron chi connectivity index (χ1n) is 16.6. The first-order valence-corrected chi connectivity index (χ1v) is 20.3. The van der Waals surface area contributed by atoms with Crippen LogP contribution in [-0.4, -0.2) is 3.21 Å². The molecule has 0 aliphatic heterocycles. The van der Waals surface area contributed by atoms with Crippen molar-refractivity contribution < 1.29 is 72.4 Å². The predicted octanol–water partition coefficient (Wildman–Crippen LogP) is 6.00. The minimum Gasteiger partial charge on any atom is -1.00 e.